The van der Waals surface area contributed by atoms with E-state index in [1.807, 2.05) is 18.0 Å². The first-order chi connectivity index (χ1) is 16.5. The van der Waals surface area contributed by atoms with E-state index in [9.17, 15) is 4.79 Å². The number of fused-ring (bicyclic) bond motifs is 3. The molecule has 0 bridgehead atoms. The average molecular weight is 503 g/mol. The number of halogens is 2. The van der Waals surface area contributed by atoms with Crippen LogP contribution in [0.15, 0.2) is 18.5 Å². The number of nitrogens with zero attached hydrogens (tertiary/aromatic N) is 5. The molecule has 11 heteroatoms. The van der Waals surface area contributed by atoms with Gasteiger partial charge in [-0.3, -0.25) is 14.8 Å². The van der Waals surface area contributed by atoms with E-state index in [0.717, 1.165) is 34.3 Å². The Morgan fingerprint density at radius 1 is 1.38 bits per heavy atom. The van der Waals surface area contributed by atoms with Crippen molar-refractivity contribution in [2.75, 3.05) is 40.0 Å². The molecule has 0 radical (unpaired) electrons. The molecule has 2 aliphatic heterocycles. The van der Waals surface area contributed by atoms with Gasteiger partial charge in [0, 0.05) is 61.2 Å². The van der Waals surface area contributed by atoms with Gasteiger partial charge in [0.05, 0.1) is 46.9 Å². The van der Waals surface area contributed by atoms with Crippen LogP contribution >= 0.6 is 23.2 Å². The molecule has 4 heterocycles. The van der Waals surface area contributed by atoms with Gasteiger partial charge in [0.25, 0.3) is 0 Å². The standard InChI is InChI=1S/C23H24Cl2N6O3/c1-29-5-7-33-13-15(29)8-19(32)30-3-4-31-17(12-30)20(14-10-27-28-11-14)21-18(34-6-2-26)9-16(24)22(25)23(21)31/h9-11,15H,3-8,12-13H2,1H3,(H,27,28)/t15-/m0/s1. The van der Waals surface area contributed by atoms with Crippen molar-refractivity contribution in [2.45, 2.75) is 25.6 Å². The van der Waals surface area contributed by atoms with Crippen molar-refractivity contribution < 1.29 is 14.3 Å². The maximum atomic E-state index is 13.3. The molecule has 178 valence electrons. The van der Waals surface area contributed by atoms with Crippen LogP contribution in [-0.2, 0) is 22.6 Å². The third-order valence-corrected chi connectivity index (χ3v) is 7.37. The second kappa shape index (κ2) is 9.47. The second-order valence-corrected chi connectivity index (χ2v) is 9.32. The first-order valence-electron chi connectivity index (χ1n) is 11.1. The summed E-state index contributed by atoms with van der Waals surface area (Å²) in [7, 11) is 2.03. The number of carbonyl (C=O) groups is 1. The Bertz CT molecular complexity index is 1270. The molecule has 2 aromatic heterocycles. The molecular formula is C23H24Cl2N6O3. The van der Waals surface area contributed by atoms with Gasteiger partial charge in [-0.15, -0.1) is 0 Å². The monoisotopic (exact) mass is 502 g/mol. The normalized spacial score (nSPS) is 18.6. The summed E-state index contributed by atoms with van der Waals surface area (Å²) in [6, 6.07) is 3.72. The molecule has 0 saturated carbocycles. The first kappa shape index (κ1) is 23.0. The van der Waals surface area contributed by atoms with Gasteiger partial charge in [0.1, 0.15) is 11.8 Å². The van der Waals surface area contributed by atoms with Crippen LogP contribution in [0.3, 0.4) is 0 Å². The lowest BCUT2D eigenvalue weighted by Gasteiger charge is -2.35. The topological polar surface area (TPSA) is 99.4 Å². The van der Waals surface area contributed by atoms with Crippen LogP contribution in [0.5, 0.6) is 5.75 Å². The van der Waals surface area contributed by atoms with Gasteiger partial charge in [0.15, 0.2) is 6.61 Å². The second-order valence-electron chi connectivity index (χ2n) is 8.53. The van der Waals surface area contributed by atoms with Crippen LogP contribution in [0.1, 0.15) is 12.1 Å². The van der Waals surface area contributed by atoms with Crippen molar-refractivity contribution in [3.05, 3.63) is 34.2 Å². The van der Waals surface area contributed by atoms with E-state index >= 15 is 0 Å². The zero-order valence-corrected chi connectivity index (χ0v) is 20.2. The maximum absolute atomic E-state index is 13.3. The molecule has 1 saturated heterocycles. The number of aromatic amines is 1. The number of rotatable bonds is 5. The Morgan fingerprint density at radius 3 is 2.97 bits per heavy atom. The fourth-order valence-electron chi connectivity index (χ4n) is 4.81. The number of aromatic nitrogens is 3. The molecule has 1 amide bonds. The lowest BCUT2D eigenvalue weighted by molar-refractivity contribution is -0.135. The Hall–Kier alpha value is -2.77. The Kier molecular flexibility index (Phi) is 6.40. The van der Waals surface area contributed by atoms with Crippen molar-refractivity contribution in [1.29, 1.82) is 5.26 Å². The predicted octanol–water partition coefficient (Wildman–Crippen LogP) is 3.30. The van der Waals surface area contributed by atoms with Gasteiger partial charge in [-0.05, 0) is 7.05 Å². The quantitative estimate of drug-likeness (QED) is 0.574. The molecule has 0 unspecified atom stereocenters. The number of carbonyl (C=O) groups excluding carboxylic acids is 1. The summed E-state index contributed by atoms with van der Waals surface area (Å²) in [6.45, 7) is 3.47. The largest absolute Gasteiger partial charge is 0.478 e. The number of nitrogens with one attached hydrogen (secondary N) is 1. The summed E-state index contributed by atoms with van der Waals surface area (Å²) >= 11 is 13.1. The number of amides is 1. The van der Waals surface area contributed by atoms with Gasteiger partial charge in [-0.1, -0.05) is 23.2 Å². The van der Waals surface area contributed by atoms with E-state index in [-0.39, 0.29) is 18.6 Å². The summed E-state index contributed by atoms with van der Waals surface area (Å²) in [6.07, 6.45) is 3.92. The zero-order chi connectivity index (χ0) is 23.8. The van der Waals surface area contributed by atoms with Crippen LogP contribution < -0.4 is 4.74 Å². The van der Waals surface area contributed by atoms with Crippen molar-refractivity contribution in [1.82, 2.24) is 24.6 Å². The van der Waals surface area contributed by atoms with E-state index in [4.69, 9.17) is 37.9 Å². The third kappa shape index (κ3) is 4.01. The first-order valence-corrected chi connectivity index (χ1v) is 11.8. The summed E-state index contributed by atoms with van der Waals surface area (Å²) < 4.78 is 13.4. The highest BCUT2D eigenvalue weighted by atomic mass is 35.5. The number of morpholine rings is 1. The van der Waals surface area contributed by atoms with Gasteiger partial charge < -0.3 is 18.9 Å². The highest BCUT2D eigenvalue weighted by molar-refractivity contribution is 6.45. The fourth-order valence-corrected chi connectivity index (χ4v) is 5.25. The number of benzene rings is 1. The molecule has 9 nitrogen and oxygen atoms in total. The number of H-pyrrole nitrogens is 1. The van der Waals surface area contributed by atoms with E-state index in [1.54, 1.807) is 18.5 Å². The van der Waals surface area contributed by atoms with E-state index in [1.165, 1.54) is 0 Å². The Labute approximate surface area is 206 Å². The third-order valence-electron chi connectivity index (χ3n) is 6.59. The van der Waals surface area contributed by atoms with Crippen LogP contribution in [0.2, 0.25) is 10.0 Å². The molecule has 1 atom stereocenters. The Balaban J connectivity index is 1.58. The van der Waals surface area contributed by atoms with Crippen LogP contribution in [-0.4, -0.2) is 76.5 Å². The minimum atomic E-state index is -0.125. The lowest BCUT2D eigenvalue weighted by atomic mass is 10.0. The minimum absolute atomic E-state index is 0.0709. The zero-order valence-electron chi connectivity index (χ0n) is 18.7. The van der Waals surface area contributed by atoms with Crippen LogP contribution in [0, 0.1) is 11.3 Å². The van der Waals surface area contributed by atoms with Gasteiger partial charge in [0.2, 0.25) is 5.91 Å². The minimum Gasteiger partial charge on any atom is -0.478 e. The van der Waals surface area contributed by atoms with Crippen molar-refractivity contribution in [3.8, 4) is 22.9 Å². The molecule has 1 N–H and O–H groups in total. The van der Waals surface area contributed by atoms with E-state index in [2.05, 4.69) is 19.7 Å². The molecule has 34 heavy (non-hydrogen) atoms. The van der Waals surface area contributed by atoms with Crippen LogP contribution in [0.4, 0.5) is 0 Å². The van der Waals surface area contributed by atoms with Crippen molar-refractivity contribution in [2.24, 2.45) is 0 Å². The molecule has 1 fully saturated rings. The summed E-state index contributed by atoms with van der Waals surface area (Å²) in [5.74, 6) is 0.560. The molecule has 0 aliphatic carbocycles. The van der Waals surface area contributed by atoms with Crippen LogP contribution in [0.25, 0.3) is 22.0 Å². The number of nitriles is 1. The number of ether oxygens (including phenoxy) is 2. The van der Waals surface area contributed by atoms with E-state index < -0.39 is 0 Å². The maximum Gasteiger partial charge on any atom is 0.224 e. The highest BCUT2D eigenvalue weighted by Gasteiger charge is 2.32. The number of hydrogen-bond donors (Lipinski definition) is 1. The molecule has 0 spiro atoms. The summed E-state index contributed by atoms with van der Waals surface area (Å²) in [5.41, 5.74) is 3.37. The summed E-state index contributed by atoms with van der Waals surface area (Å²) in [4.78, 5) is 17.3. The summed E-state index contributed by atoms with van der Waals surface area (Å²) in [5, 5.41) is 17.6. The molecule has 5 rings (SSSR count). The smallest absolute Gasteiger partial charge is 0.224 e. The molecule has 1 aromatic carbocycles. The van der Waals surface area contributed by atoms with Gasteiger partial charge >= 0.3 is 0 Å². The van der Waals surface area contributed by atoms with Crippen molar-refractivity contribution in [3.63, 3.8) is 0 Å². The molecular weight excluding hydrogens is 479 g/mol. The highest BCUT2D eigenvalue weighted by Crippen LogP contribution is 2.47. The van der Waals surface area contributed by atoms with E-state index in [0.29, 0.717) is 55.1 Å². The average Bonchev–Trinajstić information content (AvgIpc) is 3.47. The van der Waals surface area contributed by atoms with Crippen molar-refractivity contribution >= 4 is 40.0 Å². The lowest BCUT2D eigenvalue weighted by Crippen LogP contribution is -2.47. The number of hydrogen-bond acceptors (Lipinski definition) is 6. The predicted molar refractivity (Wildman–Crippen MR) is 128 cm³/mol. The molecule has 3 aromatic rings. The Morgan fingerprint density at radius 2 is 2.24 bits per heavy atom. The number of likely N-dealkylation sites (N-methyl/N-ethyl adjacent to an activating group) is 1. The van der Waals surface area contributed by atoms with Gasteiger partial charge in [-0.25, -0.2) is 0 Å². The SMILES string of the molecule is CN1CCOC[C@@H]1CC(=O)N1CCn2c(c(-c3cn[nH]c3)c3c(OCC#N)cc(Cl)c(Cl)c32)C1. The van der Waals surface area contributed by atoms with Gasteiger partial charge in [-0.2, -0.15) is 10.4 Å². The molecule has 2 aliphatic rings. The fraction of sp³-hybridized carbons (Fsp3) is 0.435.